The summed E-state index contributed by atoms with van der Waals surface area (Å²) >= 11 is 0. The first kappa shape index (κ1) is 36.7. The summed E-state index contributed by atoms with van der Waals surface area (Å²) in [6, 6.07) is 26.6. The fourth-order valence-electron chi connectivity index (χ4n) is 5.11. The molecule has 0 aliphatic carbocycles. The Kier molecular flexibility index (Phi) is 13.3. The van der Waals surface area contributed by atoms with Crippen LogP contribution in [-0.4, -0.2) is 81.0 Å². The van der Waals surface area contributed by atoms with E-state index in [2.05, 4.69) is 10.3 Å². The molecule has 0 spiro atoms. The number of aliphatic hydroxyl groups is 1. The van der Waals surface area contributed by atoms with Crippen molar-refractivity contribution in [1.29, 1.82) is 0 Å². The van der Waals surface area contributed by atoms with Gasteiger partial charge in [-0.2, -0.15) is 4.98 Å². The Morgan fingerprint density at radius 1 is 0.796 bits per heavy atom. The zero-order valence-electron chi connectivity index (χ0n) is 28.0. The molecule has 0 fully saturated rings. The first-order valence-corrected chi connectivity index (χ1v) is 16.0. The third kappa shape index (κ3) is 10.7. The van der Waals surface area contributed by atoms with Gasteiger partial charge in [0.2, 0.25) is 0 Å². The average Bonchev–Trinajstić information content (AvgIpc) is 3.11. The summed E-state index contributed by atoms with van der Waals surface area (Å²) in [5, 5.41) is 14.2. The van der Waals surface area contributed by atoms with Crippen molar-refractivity contribution >= 4 is 23.7 Å². The highest BCUT2D eigenvalue weighted by atomic mass is 16.6. The first-order valence-electron chi connectivity index (χ1n) is 16.0. The maximum absolute atomic E-state index is 13.3. The summed E-state index contributed by atoms with van der Waals surface area (Å²) in [6.45, 7) is 7.21. The second-order valence-corrected chi connectivity index (χ2v) is 11.9. The van der Waals surface area contributed by atoms with Gasteiger partial charge in [0.1, 0.15) is 31.4 Å². The minimum absolute atomic E-state index is 0.0380. The van der Waals surface area contributed by atoms with Crippen LogP contribution < -0.4 is 11.0 Å². The molecule has 258 valence electrons. The molecule has 1 aromatic heterocycles. The van der Waals surface area contributed by atoms with Crippen LogP contribution in [0.1, 0.15) is 58.8 Å². The molecular weight excluding hydrogens is 628 g/mol. The quantitative estimate of drug-likeness (QED) is 0.164. The number of anilines is 1. The number of hydrogen-bond donors (Lipinski definition) is 2. The fourth-order valence-corrected chi connectivity index (χ4v) is 5.11. The largest absolute Gasteiger partial charge is 0.459 e. The number of nitrogens with one attached hydrogen (secondary N) is 1. The molecule has 0 radical (unpaired) electrons. The van der Waals surface area contributed by atoms with Crippen LogP contribution in [0, 0.1) is 0 Å². The molecule has 4 rings (SSSR count). The Hall–Kier alpha value is -5.17. The van der Waals surface area contributed by atoms with Gasteiger partial charge in [-0.15, -0.1) is 0 Å². The molecule has 12 heteroatoms. The topological polar surface area (TPSA) is 149 Å². The molecule has 0 saturated heterocycles. The Balaban J connectivity index is 1.60. The van der Waals surface area contributed by atoms with Crippen molar-refractivity contribution in [2.45, 2.75) is 64.8 Å². The standard InChI is InChI=1S/C37H42N4O8/c1-25(2)41(26(3)4)22-30(42)33(49-36(45)29-18-12-7-13-19-29)31(23-47-35(44)28-16-10-6-11-17-28)48-24-40-21-20-32(39-37(40)46)38-34(43)27-14-8-5-9-15-27/h5-21,25-26,30-31,33,42H,22-24H2,1-4H3,(H,38,39,43,46)/t30?,31-,33?/m1/s1. The predicted molar refractivity (Wildman–Crippen MR) is 183 cm³/mol. The van der Waals surface area contributed by atoms with Gasteiger partial charge in [0.05, 0.1) is 11.1 Å². The number of benzene rings is 3. The number of carbonyl (C=O) groups is 3. The third-order valence-electron chi connectivity index (χ3n) is 7.69. The summed E-state index contributed by atoms with van der Waals surface area (Å²) in [6.07, 6.45) is -2.46. The van der Waals surface area contributed by atoms with Crippen LogP contribution in [0.3, 0.4) is 0 Å². The van der Waals surface area contributed by atoms with Gasteiger partial charge in [-0.3, -0.25) is 14.3 Å². The number of ether oxygens (including phenoxy) is 3. The summed E-state index contributed by atoms with van der Waals surface area (Å²) < 4.78 is 18.7. The third-order valence-corrected chi connectivity index (χ3v) is 7.69. The van der Waals surface area contributed by atoms with Gasteiger partial charge < -0.3 is 24.6 Å². The highest BCUT2D eigenvalue weighted by Gasteiger charge is 2.36. The molecule has 2 N–H and O–H groups in total. The molecule has 49 heavy (non-hydrogen) atoms. The number of hydrogen-bond acceptors (Lipinski definition) is 10. The molecule has 0 saturated carbocycles. The van der Waals surface area contributed by atoms with E-state index in [1.807, 2.05) is 32.6 Å². The molecule has 12 nitrogen and oxygen atoms in total. The van der Waals surface area contributed by atoms with E-state index in [0.29, 0.717) is 11.1 Å². The molecule has 1 heterocycles. The van der Waals surface area contributed by atoms with Gasteiger partial charge >= 0.3 is 17.6 Å². The molecule has 0 bridgehead atoms. The number of nitrogens with zero attached hydrogens (tertiary/aromatic N) is 3. The average molecular weight is 671 g/mol. The molecule has 0 aliphatic heterocycles. The van der Waals surface area contributed by atoms with Gasteiger partial charge in [-0.05, 0) is 70.2 Å². The van der Waals surface area contributed by atoms with Crippen LogP contribution in [0.25, 0.3) is 0 Å². The van der Waals surface area contributed by atoms with Crippen molar-refractivity contribution in [2.24, 2.45) is 0 Å². The van der Waals surface area contributed by atoms with Crippen molar-refractivity contribution in [2.75, 3.05) is 18.5 Å². The van der Waals surface area contributed by atoms with Crippen LogP contribution >= 0.6 is 0 Å². The summed E-state index contributed by atoms with van der Waals surface area (Å²) in [5.41, 5.74) is 0.194. The second kappa shape index (κ2) is 17.8. The van der Waals surface area contributed by atoms with Crippen LogP contribution in [0.5, 0.6) is 0 Å². The minimum Gasteiger partial charge on any atom is -0.459 e. The highest BCUT2D eigenvalue weighted by Crippen LogP contribution is 2.18. The Morgan fingerprint density at radius 3 is 1.86 bits per heavy atom. The minimum atomic E-state index is -1.33. The van der Waals surface area contributed by atoms with E-state index >= 15 is 0 Å². The maximum atomic E-state index is 13.3. The SMILES string of the molecule is CC(C)N(CC(O)C(OC(=O)c1ccccc1)[C@@H](COC(=O)c1ccccc1)OCn1ccc(NC(=O)c2ccccc2)nc1=O)C(C)C. The van der Waals surface area contributed by atoms with Gasteiger partial charge in [-0.25, -0.2) is 14.4 Å². The van der Waals surface area contributed by atoms with Gasteiger partial charge in [-0.1, -0.05) is 54.6 Å². The van der Waals surface area contributed by atoms with Gasteiger partial charge in [0.25, 0.3) is 5.91 Å². The zero-order chi connectivity index (χ0) is 35.3. The lowest BCUT2D eigenvalue weighted by molar-refractivity contribution is -0.136. The lowest BCUT2D eigenvalue weighted by atomic mass is 10.1. The molecule has 3 atom stereocenters. The number of amides is 1. The van der Waals surface area contributed by atoms with Crippen LogP contribution in [-0.2, 0) is 20.9 Å². The summed E-state index contributed by atoms with van der Waals surface area (Å²) in [5.74, 6) is -1.77. The number of aromatic nitrogens is 2. The fraction of sp³-hybridized carbons (Fsp3) is 0.324. The van der Waals surface area contributed by atoms with Crippen molar-refractivity contribution in [3.8, 4) is 0 Å². The lowest BCUT2D eigenvalue weighted by Crippen LogP contribution is -2.52. The number of esters is 2. The molecule has 1 amide bonds. The van der Waals surface area contributed by atoms with Gasteiger partial charge in [0.15, 0.2) is 6.10 Å². The van der Waals surface area contributed by atoms with Crippen LogP contribution in [0.15, 0.2) is 108 Å². The zero-order valence-corrected chi connectivity index (χ0v) is 28.0. The van der Waals surface area contributed by atoms with Gasteiger partial charge in [0, 0.05) is 30.4 Å². The van der Waals surface area contributed by atoms with Crippen molar-refractivity contribution in [3.05, 3.63) is 130 Å². The molecule has 4 aromatic rings. The lowest BCUT2D eigenvalue weighted by Gasteiger charge is -2.36. The van der Waals surface area contributed by atoms with Crippen molar-refractivity contribution in [1.82, 2.24) is 14.5 Å². The van der Waals surface area contributed by atoms with Crippen LogP contribution in [0.2, 0.25) is 0 Å². The number of carbonyl (C=O) groups excluding carboxylic acids is 3. The van der Waals surface area contributed by atoms with E-state index in [1.165, 1.54) is 12.3 Å². The van der Waals surface area contributed by atoms with Crippen molar-refractivity contribution < 1.29 is 33.7 Å². The second-order valence-electron chi connectivity index (χ2n) is 11.9. The molecule has 0 aliphatic rings. The van der Waals surface area contributed by atoms with E-state index in [-0.39, 0.29) is 30.0 Å². The Labute approximate surface area is 285 Å². The predicted octanol–water partition coefficient (Wildman–Crippen LogP) is 4.40. The number of aliphatic hydroxyl groups excluding tert-OH is 1. The van der Waals surface area contributed by atoms with E-state index in [4.69, 9.17) is 14.2 Å². The van der Waals surface area contributed by atoms with Crippen molar-refractivity contribution in [3.63, 3.8) is 0 Å². The highest BCUT2D eigenvalue weighted by molar-refractivity contribution is 6.03. The Morgan fingerprint density at radius 2 is 1.33 bits per heavy atom. The van der Waals surface area contributed by atoms with E-state index in [9.17, 15) is 24.3 Å². The van der Waals surface area contributed by atoms with E-state index < -0.39 is 55.2 Å². The van der Waals surface area contributed by atoms with E-state index in [1.54, 1.807) is 91.0 Å². The number of rotatable bonds is 16. The first-order chi connectivity index (χ1) is 23.5. The Bertz CT molecular complexity index is 1710. The smallest absolute Gasteiger partial charge is 0.351 e. The normalized spacial score (nSPS) is 13.1. The van der Waals surface area contributed by atoms with Crippen LogP contribution in [0.4, 0.5) is 5.82 Å². The van der Waals surface area contributed by atoms with E-state index in [0.717, 1.165) is 4.57 Å². The summed E-state index contributed by atoms with van der Waals surface area (Å²) in [7, 11) is 0. The maximum Gasteiger partial charge on any atom is 0.351 e. The molecule has 3 aromatic carbocycles. The molecule has 2 unspecified atom stereocenters. The summed E-state index contributed by atoms with van der Waals surface area (Å²) in [4.78, 5) is 57.8. The molecular formula is C37H42N4O8. The monoisotopic (exact) mass is 670 g/mol.